The predicted molar refractivity (Wildman–Crippen MR) is 115 cm³/mol. The number of alkyl halides is 1. The molecular weight excluding hydrogens is 412 g/mol. The van der Waals surface area contributed by atoms with Crippen LogP contribution in [0.3, 0.4) is 0 Å². The van der Waals surface area contributed by atoms with Crippen LogP contribution in [0.25, 0.3) is 11.3 Å². The first-order valence-electron chi connectivity index (χ1n) is 10.2. The SMILES string of the molecule is Cc1nc(N2CCC3(CC2)C[C@H](F)C[C@H]3C)c(CO)nc1-c1cccc(Cl)c1Cl. The lowest BCUT2D eigenvalue weighted by atomic mass is 9.71. The van der Waals surface area contributed by atoms with Crippen LogP contribution in [0.1, 0.15) is 44.0 Å². The molecule has 4 rings (SSSR count). The molecule has 1 aliphatic heterocycles. The summed E-state index contributed by atoms with van der Waals surface area (Å²) in [4.78, 5) is 11.7. The van der Waals surface area contributed by atoms with Crippen LogP contribution < -0.4 is 4.90 Å². The fourth-order valence-electron chi connectivity index (χ4n) is 5.06. The summed E-state index contributed by atoms with van der Waals surface area (Å²) < 4.78 is 14.0. The van der Waals surface area contributed by atoms with E-state index in [1.54, 1.807) is 6.07 Å². The molecule has 1 aromatic carbocycles. The van der Waals surface area contributed by atoms with Crippen molar-refractivity contribution in [2.75, 3.05) is 18.0 Å². The molecule has 0 unspecified atom stereocenters. The molecule has 1 N–H and O–H groups in total. The van der Waals surface area contributed by atoms with Crippen molar-refractivity contribution in [1.29, 1.82) is 0 Å². The van der Waals surface area contributed by atoms with Gasteiger partial charge in [0.15, 0.2) is 5.82 Å². The normalized spacial score (nSPS) is 23.7. The first-order chi connectivity index (χ1) is 13.8. The van der Waals surface area contributed by atoms with Gasteiger partial charge >= 0.3 is 0 Å². The third-order valence-corrected chi connectivity index (χ3v) is 7.64. The molecule has 1 aromatic heterocycles. The van der Waals surface area contributed by atoms with E-state index in [2.05, 4.69) is 11.8 Å². The van der Waals surface area contributed by atoms with Gasteiger partial charge in [0.05, 0.1) is 28.0 Å². The second-order valence-corrected chi connectivity index (χ2v) is 9.26. The summed E-state index contributed by atoms with van der Waals surface area (Å²) in [7, 11) is 0. The Morgan fingerprint density at radius 3 is 2.59 bits per heavy atom. The number of halogens is 3. The highest BCUT2D eigenvalue weighted by molar-refractivity contribution is 6.43. The Balaban J connectivity index is 1.63. The average Bonchev–Trinajstić information content (AvgIpc) is 2.97. The maximum Gasteiger partial charge on any atom is 0.153 e. The van der Waals surface area contributed by atoms with E-state index in [0.29, 0.717) is 51.6 Å². The van der Waals surface area contributed by atoms with Gasteiger partial charge in [-0.2, -0.15) is 0 Å². The Kier molecular flexibility index (Phi) is 5.75. The van der Waals surface area contributed by atoms with Crippen LogP contribution in [0.2, 0.25) is 10.0 Å². The van der Waals surface area contributed by atoms with E-state index in [-0.39, 0.29) is 12.0 Å². The summed E-state index contributed by atoms with van der Waals surface area (Å²) in [6, 6.07) is 5.40. The minimum atomic E-state index is -0.673. The van der Waals surface area contributed by atoms with Crippen molar-refractivity contribution in [2.24, 2.45) is 11.3 Å². The van der Waals surface area contributed by atoms with Gasteiger partial charge in [0.1, 0.15) is 11.9 Å². The van der Waals surface area contributed by atoms with Gasteiger partial charge in [0.2, 0.25) is 0 Å². The van der Waals surface area contributed by atoms with Crippen LogP contribution in [0.5, 0.6) is 0 Å². The second-order valence-electron chi connectivity index (χ2n) is 8.47. The van der Waals surface area contributed by atoms with Gasteiger partial charge < -0.3 is 10.0 Å². The third kappa shape index (κ3) is 3.73. The van der Waals surface area contributed by atoms with Crippen molar-refractivity contribution in [1.82, 2.24) is 9.97 Å². The van der Waals surface area contributed by atoms with Crippen LogP contribution in [0.15, 0.2) is 18.2 Å². The second kappa shape index (κ2) is 8.01. The number of hydrogen-bond donors (Lipinski definition) is 1. The van der Waals surface area contributed by atoms with Gasteiger partial charge in [-0.05, 0) is 50.0 Å². The summed E-state index contributed by atoms with van der Waals surface area (Å²) >= 11 is 12.5. The summed E-state index contributed by atoms with van der Waals surface area (Å²) in [5.74, 6) is 1.13. The van der Waals surface area contributed by atoms with E-state index in [1.165, 1.54) is 0 Å². The standard InChI is InChI=1S/C22H26Cl2FN3O/c1-13-10-15(25)11-22(13)6-8-28(9-7-22)21-18(12-29)27-20(14(2)26-21)16-4-3-5-17(23)19(16)24/h3-5,13,15,29H,6-12H2,1-2H3/t13-,15-/m1/s1. The van der Waals surface area contributed by atoms with Crippen molar-refractivity contribution >= 4 is 29.0 Å². The zero-order chi connectivity index (χ0) is 20.8. The van der Waals surface area contributed by atoms with Gasteiger partial charge in [-0.25, -0.2) is 14.4 Å². The molecule has 2 fully saturated rings. The summed E-state index contributed by atoms with van der Waals surface area (Å²) in [6.45, 7) is 5.47. The number of aromatic nitrogens is 2. The van der Waals surface area contributed by atoms with Gasteiger partial charge in [0, 0.05) is 18.7 Å². The van der Waals surface area contributed by atoms with Crippen molar-refractivity contribution in [2.45, 2.75) is 52.3 Å². The predicted octanol–water partition coefficient (Wildman–Crippen LogP) is 5.61. The zero-order valence-corrected chi connectivity index (χ0v) is 18.3. The Bertz CT molecular complexity index is 915. The molecule has 7 heteroatoms. The Hall–Kier alpha value is -1.43. The Morgan fingerprint density at radius 2 is 1.97 bits per heavy atom. The number of nitrogens with zero attached hydrogens (tertiary/aromatic N) is 3. The van der Waals surface area contributed by atoms with Crippen LogP contribution in [-0.2, 0) is 6.61 Å². The fraction of sp³-hybridized carbons (Fsp3) is 0.545. The number of piperidine rings is 1. The van der Waals surface area contributed by atoms with Crippen LogP contribution >= 0.6 is 23.2 Å². The minimum absolute atomic E-state index is 0.103. The molecule has 1 saturated heterocycles. The fourth-order valence-corrected chi connectivity index (χ4v) is 5.45. The number of aliphatic hydroxyl groups is 1. The van der Waals surface area contributed by atoms with Crippen molar-refractivity contribution < 1.29 is 9.50 Å². The monoisotopic (exact) mass is 437 g/mol. The topological polar surface area (TPSA) is 49.2 Å². The van der Waals surface area contributed by atoms with Crippen LogP contribution in [0.4, 0.5) is 10.2 Å². The molecule has 156 valence electrons. The molecule has 2 aliphatic rings. The molecule has 2 atom stereocenters. The lowest BCUT2D eigenvalue weighted by molar-refractivity contribution is 0.155. The van der Waals surface area contributed by atoms with Gasteiger partial charge in [-0.3, -0.25) is 0 Å². The molecule has 0 radical (unpaired) electrons. The summed E-state index contributed by atoms with van der Waals surface area (Å²) in [5.41, 5.74) is 2.70. The molecular formula is C22H26Cl2FN3O. The van der Waals surface area contributed by atoms with E-state index in [1.807, 2.05) is 19.1 Å². The highest BCUT2D eigenvalue weighted by Crippen LogP contribution is 2.51. The minimum Gasteiger partial charge on any atom is -0.390 e. The van der Waals surface area contributed by atoms with Gasteiger partial charge in [-0.15, -0.1) is 0 Å². The summed E-state index contributed by atoms with van der Waals surface area (Å²) in [6.07, 6.45) is 2.57. The lowest BCUT2D eigenvalue weighted by Crippen LogP contribution is -2.42. The number of aliphatic hydroxyl groups excluding tert-OH is 1. The van der Waals surface area contributed by atoms with E-state index in [9.17, 15) is 9.50 Å². The average molecular weight is 438 g/mol. The highest BCUT2D eigenvalue weighted by atomic mass is 35.5. The molecule has 1 spiro atoms. The van der Waals surface area contributed by atoms with Crippen LogP contribution in [-0.4, -0.2) is 34.3 Å². The van der Waals surface area contributed by atoms with Gasteiger partial charge in [-0.1, -0.05) is 42.3 Å². The van der Waals surface area contributed by atoms with Crippen LogP contribution in [0, 0.1) is 18.3 Å². The first kappa shape index (κ1) is 20.8. The number of rotatable bonds is 3. The number of hydrogen-bond acceptors (Lipinski definition) is 4. The Morgan fingerprint density at radius 1 is 1.24 bits per heavy atom. The summed E-state index contributed by atoms with van der Waals surface area (Å²) in [5, 5.41) is 10.9. The molecule has 0 amide bonds. The molecule has 0 bridgehead atoms. The van der Waals surface area contributed by atoms with Crippen molar-refractivity contribution in [3.05, 3.63) is 39.6 Å². The number of anilines is 1. The number of aryl methyl sites for hydroxylation is 1. The molecule has 29 heavy (non-hydrogen) atoms. The Labute approximate surface area is 181 Å². The first-order valence-corrected chi connectivity index (χ1v) is 10.9. The molecule has 2 heterocycles. The maximum atomic E-state index is 14.0. The third-order valence-electron chi connectivity index (χ3n) is 6.82. The molecule has 1 aliphatic carbocycles. The molecule has 1 saturated carbocycles. The van der Waals surface area contributed by atoms with E-state index < -0.39 is 6.17 Å². The molecule has 2 aromatic rings. The highest BCUT2D eigenvalue weighted by Gasteiger charge is 2.47. The van der Waals surface area contributed by atoms with Gasteiger partial charge in [0.25, 0.3) is 0 Å². The maximum absolute atomic E-state index is 14.0. The lowest BCUT2D eigenvalue weighted by Gasteiger charge is -2.43. The quantitative estimate of drug-likeness (QED) is 0.677. The van der Waals surface area contributed by atoms with E-state index in [4.69, 9.17) is 33.2 Å². The number of benzene rings is 1. The smallest absolute Gasteiger partial charge is 0.153 e. The van der Waals surface area contributed by atoms with E-state index >= 15 is 0 Å². The zero-order valence-electron chi connectivity index (χ0n) is 16.8. The largest absolute Gasteiger partial charge is 0.390 e. The molecule has 4 nitrogen and oxygen atoms in total. The van der Waals surface area contributed by atoms with Crippen molar-refractivity contribution in [3.63, 3.8) is 0 Å². The van der Waals surface area contributed by atoms with Crippen molar-refractivity contribution in [3.8, 4) is 11.3 Å². The van der Waals surface area contributed by atoms with E-state index in [0.717, 1.165) is 31.6 Å².